The van der Waals surface area contributed by atoms with Crippen molar-refractivity contribution in [1.82, 2.24) is 14.1 Å². The van der Waals surface area contributed by atoms with Crippen LogP contribution in [0, 0.1) is 5.82 Å². The molecule has 22 heavy (non-hydrogen) atoms. The first-order valence-electron chi connectivity index (χ1n) is 6.39. The molecule has 0 aliphatic rings. The third-order valence-corrected chi connectivity index (χ3v) is 4.30. The van der Waals surface area contributed by atoms with Crippen molar-refractivity contribution in [1.29, 1.82) is 0 Å². The molecule has 0 unspecified atom stereocenters. The van der Waals surface area contributed by atoms with Crippen LogP contribution in [0.1, 0.15) is 0 Å². The van der Waals surface area contributed by atoms with Crippen LogP contribution in [0.3, 0.4) is 0 Å². The number of nitrogens with one attached hydrogen (secondary N) is 1. The Morgan fingerprint density at radius 1 is 1.23 bits per heavy atom. The lowest BCUT2D eigenvalue weighted by molar-refractivity contribution is 0.597. The molecule has 0 radical (unpaired) electrons. The number of halogens is 1. The first-order valence-corrected chi connectivity index (χ1v) is 7.88. The van der Waals surface area contributed by atoms with Crippen LogP contribution in [0.4, 0.5) is 10.1 Å². The van der Waals surface area contributed by atoms with Crippen LogP contribution in [0.5, 0.6) is 0 Å². The van der Waals surface area contributed by atoms with E-state index in [0.717, 1.165) is 0 Å². The average Bonchev–Trinajstić information content (AvgIpc) is 3.12. The molecule has 8 heteroatoms. The Morgan fingerprint density at radius 2 is 1.95 bits per heavy atom. The SMILES string of the molecule is Cn1cnc(S(=O)(=O)Nc2ccc(F)c(-n3cccc3)c2)c1. The molecule has 0 aliphatic heterocycles. The Labute approximate surface area is 126 Å². The second-order valence-corrected chi connectivity index (χ2v) is 6.37. The number of rotatable bonds is 4. The van der Waals surface area contributed by atoms with Gasteiger partial charge in [0.15, 0.2) is 5.03 Å². The molecular formula is C14H13FN4O2S. The summed E-state index contributed by atoms with van der Waals surface area (Å²) in [6, 6.07) is 7.51. The summed E-state index contributed by atoms with van der Waals surface area (Å²) < 4.78 is 43.8. The molecule has 0 spiro atoms. The molecule has 2 aromatic heterocycles. The van der Waals surface area contributed by atoms with Crippen molar-refractivity contribution < 1.29 is 12.8 Å². The van der Waals surface area contributed by atoms with Gasteiger partial charge in [-0.15, -0.1) is 0 Å². The molecule has 2 heterocycles. The van der Waals surface area contributed by atoms with Crippen molar-refractivity contribution in [2.45, 2.75) is 5.03 Å². The molecule has 0 amide bonds. The zero-order chi connectivity index (χ0) is 15.7. The summed E-state index contributed by atoms with van der Waals surface area (Å²) in [4.78, 5) is 3.81. The van der Waals surface area contributed by atoms with E-state index in [1.165, 1.54) is 35.3 Å². The van der Waals surface area contributed by atoms with Gasteiger partial charge in [0.1, 0.15) is 5.82 Å². The Hall–Kier alpha value is -2.61. The van der Waals surface area contributed by atoms with E-state index in [4.69, 9.17) is 0 Å². The van der Waals surface area contributed by atoms with Crippen LogP contribution in [-0.2, 0) is 17.1 Å². The third kappa shape index (κ3) is 2.73. The number of benzene rings is 1. The summed E-state index contributed by atoms with van der Waals surface area (Å²) >= 11 is 0. The van der Waals surface area contributed by atoms with Gasteiger partial charge in [-0.3, -0.25) is 4.72 Å². The van der Waals surface area contributed by atoms with E-state index in [-0.39, 0.29) is 16.4 Å². The fourth-order valence-corrected chi connectivity index (χ4v) is 3.04. The zero-order valence-corrected chi connectivity index (χ0v) is 12.5. The first-order chi connectivity index (χ1) is 10.5. The summed E-state index contributed by atoms with van der Waals surface area (Å²) in [5.74, 6) is -0.447. The van der Waals surface area contributed by atoms with E-state index in [0.29, 0.717) is 0 Å². The van der Waals surface area contributed by atoms with Crippen molar-refractivity contribution >= 4 is 15.7 Å². The first kappa shape index (κ1) is 14.3. The van der Waals surface area contributed by atoms with Gasteiger partial charge in [-0.25, -0.2) is 9.37 Å². The molecule has 0 atom stereocenters. The van der Waals surface area contributed by atoms with Crippen LogP contribution >= 0.6 is 0 Å². The fourth-order valence-electron chi connectivity index (χ4n) is 2.00. The van der Waals surface area contributed by atoms with Crippen LogP contribution in [0.2, 0.25) is 0 Å². The van der Waals surface area contributed by atoms with E-state index in [1.807, 2.05) is 0 Å². The highest BCUT2D eigenvalue weighted by molar-refractivity contribution is 7.92. The van der Waals surface area contributed by atoms with Gasteiger partial charge in [0.25, 0.3) is 10.0 Å². The van der Waals surface area contributed by atoms with Gasteiger partial charge in [-0.05, 0) is 30.3 Å². The summed E-state index contributed by atoms with van der Waals surface area (Å²) in [6.45, 7) is 0. The lowest BCUT2D eigenvalue weighted by Crippen LogP contribution is -2.13. The molecule has 6 nitrogen and oxygen atoms in total. The molecule has 1 aromatic carbocycles. The van der Waals surface area contributed by atoms with E-state index < -0.39 is 15.8 Å². The van der Waals surface area contributed by atoms with Crippen molar-refractivity contribution in [3.63, 3.8) is 0 Å². The monoisotopic (exact) mass is 320 g/mol. The summed E-state index contributed by atoms with van der Waals surface area (Å²) in [5, 5.41) is -0.0955. The Bertz CT molecular complexity index is 901. The highest BCUT2D eigenvalue weighted by Gasteiger charge is 2.18. The summed E-state index contributed by atoms with van der Waals surface area (Å²) in [7, 11) is -2.13. The molecule has 1 N–H and O–H groups in total. The van der Waals surface area contributed by atoms with E-state index in [2.05, 4.69) is 9.71 Å². The third-order valence-electron chi connectivity index (χ3n) is 3.04. The fraction of sp³-hybridized carbons (Fsp3) is 0.0714. The summed E-state index contributed by atoms with van der Waals surface area (Å²) in [5.41, 5.74) is 0.516. The zero-order valence-electron chi connectivity index (χ0n) is 11.6. The van der Waals surface area contributed by atoms with Crippen molar-refractivity contribution in [2.24, 2.45) is 7.05 Å². The smallest absolute Gasteiger partial charge is 0.280 e. The van der Waals surface area contributed by atoms with Crippen LogP contribution in [0.25, 0.3) is 5.69 Å². The number of aryl methyl sites for hydroxylation is 1. The minimum absolute atomic E-state index is 0.0955. The van der Waals surface area contributed by atoms with Crippen molar-refractivity contribution in [3.05, 3.63) is 61.1 Å². The van der Waals surface area contributed by atoms with Gasteiger partial charge in [-0.1, -0.05) is 0 Å². The van der Waals surface area contributed by atoms with Crippen molar-refractivity contribution in [2.75, 3.05) is 4.72 Å². The molecule has 114 valence electrons. The molecular weight excluding hydrogens is 307 g/mol. The van der Waals surface area contributed by atoms with Gasteiger partial charge in [-0.2, -0.15) is 8.42 Å². The highest BCUT2D eigenvalue weighted by atomic mass is 32.2. The highest BCUT2D eigenvalue weighted by Crippen LogP contribution is 2.21. The average molecular weight is 320 g/mol. The van der Waals surface area contributed by atoms with E-state index >= 15 is 0 Å². The molecule has 0 saturated heterocycles. The number of aromatic nitrogens is 3. The number of anilines is 1. The Balaban J connectivity index is 1.95. The minimum atomic E-state index is -3.80. The standard InChI is InChI=1S/C14H13FN4O2S/c1-18-9-14(16-10-18)22(20,21)17-11-4-5-12(15)13(8-11)19-6-2-3-7-19/h2-10,17H,1H3. The Kier molecular flexibility index (Phi) is 3.45. The lowest BCUT2D eigenvalue weighted by Gasteiger charge is -2.09. The minimum Gasteiger partial charge on any atom is -0.339 e. The molecule has 0 aliphatic carbocycles. The van der Waals surface area contributed by atoms with E-state index in [9.17, 15) is 12.8 Å². The van der Waals surface area contributed by atoms with Gasteiger partial charge < -0.3 is 9.13 Å². The topological polar surface area (TPSA) is 68.9 Å². The van der Waals surface area contributed by atoms with E-state index in [1.54, 1.807) is 36.1 Å². The van der Waals surface area contributed by atoms with Gasteiger partial charge >= 0.3 is 0 Å². The number of hydrogen-bond acceptors (Lipinski definition) is 3. The quantitative estimate of drug-likeness (QED) is 0.801. The molecule has 0 saturated carbocycles. The second-order valence-electron chi connectivity index (χ2n) is 4.74. The number of nitrogens with zero attached hydrogens (tertiary/aromatic N) is 3. The maximum atomic E-state index is 13.9. The van der Waals surface area contributed by atoms with Crippen LogP contribution in [0.15, 0.2) is 60.3 Å². The van der Waals surface area contributed by atoms with Crippen LogP contribution < -0.4 is 4.72 Å². The van der Waals surface area contributed by atoms with Gasteiger partial charge in [0.2, 0.25) is 0 Å². The summed E-state index contributed by atoms with van der Waals surface area (Å²) in [6.07, 6.45) is 6.13. The Morgan fingerprint density at radius 3 is 2.59 bits per heavy atom. The second kappa shape index (κ2) is 5.30. The van der Waals surface area contributed by atoms with Gasteiger partial charge in [0.05, 0.1) is 17.7 Å². The number of imidazole rings is 1. The van der Waals surface area contributed by atoms with Gasteiger partial charge in [0, 0.05) is 25.6 Å². The molecule has 3 rings (SSSR count). The largest absolute Gasteiger partial charge is 0.339 e. The number of sulfonamides is 1. The molecule has 0 fully saturated rings. The maximum Gasteiger partial charge on any atom is 0.280 e. The van der Waals surface area contributed by atoms with Crippen LogP contribution in [-0.4, -0.2) is 22.5 Å². The molecule has 3 aromatic rings. The predicted molar refractivity (Wildman–Crippen MR) is 79.7 cm³/mol. The predicted octanol–water partition coefficient (Wildman–Crippen LogP) is 2.15. The number of hydrogen-bond donors (Lipinski definition) is 1. The molecule has 0 bridgehead atoms. The van der Waals surface area contributed by atoms with Crippen molar-refractivity contribution in [3.8, 4) is 5.69 Å². The lowest BCUT2D eigenvalue weighted by atomic mass is 10.2. The normalized spacial score (nSPS) is 11.5. The maximum absolute atomic E-state index is 13.9.